The summed E-state index contributed by atoms with van der Waals surface area (Å²) in [6.45, 7) is 1.74. The van der Waals surface area contributed by atoms with Crippen LogP contribution in [0.25, 0.3) is 11.4 Å². The highest BCUT2D eigenvalue weighted by atomic mass is 16.5. The number of benzene rings is 1. The lowest BCUT2D eigenvalue weighted by atomic mass is 10.1. The van der Waals surface area contributed by atoms with Crippen molar-refractivity contribution < 1.29 is 9.26 Å². The fraction of sp³-hybridized carbons (Fsp3) is 0.200. The minimum atomic E-state index is 0.504. The first-order valence-corrected chi connectivity index (χ1v) is 4.45. The number of aryl methyl sites for hydroxylation is 1. The zero-order chi connectivity index (χ0) is 10.8. The van der Waals surface area contributed by atoms with Crippen molar-refractivity contribution in [1.29, 1.82) is 0 Å². The summed E-state index contributed by atoms with van der Waals surface area (Å²) in [5.41, 5.74) is 7.04. The van der Waals surface area contributed by atoms with Crippen LogP contribution in [-0.2, 0) is 0 Å². The summed E-state index contributed by atoms with van der Waals surface area (Å²) >= 11 is 0. The molecule has 1 aromatic heterocycles. The maximum atomic E-state index is 5.64. The Labute approximate surface area is 86.9 Å². The van der Waals surface area contributed by atoms with E-state index in [-0.39, 0.29) is 0 Å². The van der Waals surface area contributed by atoms with Crippen LogP contribution in [0.15, 0.2) is 22.7 Å². The molecule has 0 fully saturated rings. The Bertz CT molecular complexity index is 479. The van der Waals surface area contributed by atoms with Crippen LogP contribution in [0.4, 0.5) is 5.69 Å². The molecule has 2 rings (SSSR count). The molecule has 0 saturated heterocycles. The highest BCUT2D eigenvalue weighted by Gasteiger charge is 2.11. The van der Waals surface area contributed by atoms with Crippen molar-refractivity contribution in [2.75, 3.05) is 12.8 Å². The Balaban J connectivity index is 2.52. The molecule has 0 amide bonds. The van der Waals surface area contributed by atoms with Gasteiger partial charge in [0.15, 0.2) is 0 Å². The van der Waals surface area contributed by atoms with Gasteiger partial charge in [0.2, 0.25) is 11.7 Å². The van der Waals surface area contributed by atoms with Gasteiger partial charge in [-0.05, 0) is 12.1 Å². The van der Waals surface area contributed by atoms with E-state index in [9.17, 15) is 0 Å². The van der Waals surface area contributed by atoms with Crippen LogP contribution >= 0.6 is 0 Å². The summed E-state index contributed by atoms with van der Waals surface area (Å²) in [5.74, 6) is 1.66. The van der Waals surface area contributed by atoms with Gasteiger partial charge in [-0.3, -0.25) is 0 Å². The largest absolute Gasteiger partial charge is 0.496 e. The normalized spacial score (nSPS) is 10.3. The van der Waals surface area contributed by atoms with Crippen LogP contribution in [0.2, 0.25) is 0 Å². The van der Waals surface area contributed by atoms with Gasteiger partial charge < -0.3 is 15.0 Å². The van der Waals surface area contributed by atoms with Crippen LogP contribution in [0, 0.1) is 6.92 Å². The van der Waals surface area contributed by atoms with E-state index in [4.69, 9.17) is 15.0 Å². The number of nitrogen functional groups attached to an aromatic ring is 1. The molecule has 0 bridgehead atoms. The SMILES string of the molecule is COc1cc(N)ccc1-c1noc(C)n1. The molecular weight excluding hydrogens is 194 g/mol. The third-order valence-corrected chi connectivity index (χ3v) is 1.99. The number of methoxy groups -OCH3 is 1. The van der Waals surface area contributed by atoms with Crippen LogP contribution in [0.3, 0.4) is 0 Å². The third-order valence-electron chi connectivity index (χ3n) is 1.99. The van der Waals surface area contributed by atoms with Gasteiger partial charge in [-0.25, -0.2) is 0 Å². The van der Waals surface area contributed by atoms with Gasteiger partial charge in [0, 0.05) is 18.7 Å². The van der Waals surface area contributed by atoms with Crippen molar-refractivity contribution in [3.63, 3.8) is 0 Å². The van der Waals surface area contributed by atoms with Gasteiger partial charge in [-0.2, -0.15) is 4.98 Å². The predicted octanol–water partition coefficient (Wildman–Crippen LogP) is 1.64. The quantitative estimate of drug-likeness (QED) is 0.754. The Morgan fingerprint density at radius 1 is 1.40 bits per heavy atom. The van der Waals surface area contributed by atoms with E-state index in [0.29, 0.717) is 23.2 Å². The van der Waals surface area contributed by atoms with E-state index < -0.39 is 0 Å². The number of ether oxygens (including phenoxy) is 1. The number of aromatic nitrogens is 2. The molecule has 1 aromatic carbocycles. The Hall–Kier alpha value is -2.04. The average Bonchev–Trinajstić information content (AvgIpc) is 2.64. The Morgan fingerprint density at radius 2 is 2.20 bits per heavy atom. The number of anilines is 1. The summed E-state index contributed by atoms with van der Waals surface area (Å²) in [4.78, 5) is 4.12. The first-order chi connectivity index (χ1) is 7.20. The highest BCUT2D eigenvalue weighted by molar-refractivity contribution is 5.67. The first kappa shape index (κ1) is 9.51. The molecule has 0 saturated carbocycles. The molecule has 0 unspecified atom stereocenters. The van der Waals surface area contributed by atoms with E-state index in [2.05, 4.69) is 10.1 Å². The van der Waals surface area contributed by atoms with Gasteiger partial charge >= 0.3 is 0 Å². The van der Waals surface area contributed by atoms with Gasteiger partial charge in [-0.15, -0.1) is 0 Å². The zero-order valence-corrected chi connectivity index (χ0v) is 8.52. The van der Waals surface area contributed by atoms with Gasteiger partial charge in [0.25, 0.3) is 0 Å². The van der Waals surface area contributed by atoms with E-state index in [1.165, 1.54) is 0 Å². The van der Waals surface area contributed by atoms with Crippen molar-refractivity contribution in [1.82, 2.24) is 10.1 Å². The molecule has 2 N–H and O–H groups in total. The molecule has 2 aromatic rings. The average molecular weight is 205 g/mol. The Kier molecular flexibility index (Phi) is 2.29. The summed E-state index contributed by atoms with van der Waals surface area (Å²) in [6, 6.07) is 5.29. The van der Waals surface area contributed by atoms with Crippen LogP contribution in [0.1, 0.15) is 5.89 Å². The number of hydrogen-bond donors (Lipinski definition) is 1. The van der Waals surface area contributed by atoms with Crippen LogP contribution in [-0.4, -0.2) is 17.3 Å². The molecule has 0 aliphatic heterocycles. The lowest BCUT2D eigenvalue weighted by molar-refractivity contribution is 0.393. The van der Waals surface area contributed by atoms with Gasteiger partial charge in [0.05, 0.1) is 12.7 Å². The van der Waals surface area contributed by atoms with Crippen molar-refractivity contribution in [2.24, 2.45) is 0 Å². The highest BCUT2D eigenvalue weighted by Crippen LogP contribution is 2.29. The topological polar surface area (TPSA) is 74.2 Å². The lowest BCUT2D eigenvalue weighted by Crippen LogP contribution is -1.92. The molecule has 1 heterocycles. The monoisotopic (exact) mass is 205 g/mol. The number of rotatable bonds is 2. The fourth-order valence-electron chi connectivity index (χ4n) is 1.30. The minimum Gasteiger partial charge on any atom is -0.496 e. The second kappa shape index (κ2) is 3.61. The zero-order valence-electron chi connectivity index (χ0n) is 8.52. The number of nitrogens with zero attached hydrogens (tertiary/aromatic N) is 2. The lowest BCUT2D eigenvalue weighted by Gasteiger charge is -2.05. The second-order valence-electron chi connectivity index (χ2n) is 3.10. The molecule has 0 aliphatic rings. The molecule has 0 atom stereocenters. The van der Waals surface area contributed by atoms with Crippen LogP contribution < -0.4 is 10.5 Å². The van der Waals surface area contributed by atoms with Crippen molar-refractivity contribution in [3.8, 4) is 17.1 Å². The van der Waals surface area contributed by atoms with Crippen molar-refractivity contribution >= 4 is 5.69 Å². The molecule has 5 nitrogen and oxygen atoms in total. The maximum absolute atomic E-state index is 5.64. The van der Waals surface area contributed by atoms with E-state index in [1.807, 2.05) is 0 Å². The summed E-state index contributed by atoms with van der Waals surface area (Å²) in [5, 5.41) is 3.82. The van der Waals surface area contributed by atoms with E-state index in [1.54, 1.807) is 32.2 Å². The molecule has 15 heavy (non-hydrogen) atoms. The minimum absolute atomic E-state index is 0.504. The second-order valence-corrected chi connectivity index (χ2v) is 3.10. The molecule has 78 valence electrons. The number of hydrogen-bond acceptors (Lipinski definition) is 5. The van der Waals surface area contributed by atoms with Crippen molar-refractivity contribution in [3.05, 3.63) is 24.1 Å². The first-order valence-electron chi connectivity index (χ1n) is 4.45. The number of nitrogens with two attached hydrogens (primary N) is 1. The maximum Gasteiger partial charge on any atom is 0.223 e. The van der Waals surface area contributed by atoms with Crippen molar-refractivity contribution in [2.45, 2.75) is 6.92 Å². The van der Waals surface area contributed by atoms with Gasteiger partial charge in [-0.1, -0.05) is 5.16 Å². The molecule has 0 aliphatic carbocycles. The van der Waals surface area contributed by atoms with Gasteiger partial charge in [0.1, 0.15) is 5.75 Å². The fourth-order valence-corrected chi connectivity index (χ4v) is 1.30. The van der Waals surface area contributed by atoms with E-state index >= 15 is 0 Å². The summed E-state index contributed by atoms with van der Waals surface area (Å²) < 4.78 is 10.1. The molecule has 5 heteroatoms. The van der Waals surface area contributed by atoms with E-state index in [0.717, 1.165) is 5.56 Å². The summed E-state index contributed by atoms with van der Waals surface area (Å²) in [7, 11) is 1.57. The third kappa shape index (κ3) is 1.76. The molecule has 0 radical (unpaired) electrons. The van der Waals surface area contributed by atoms with Crippen LogP contribution in [0.5, 0.6) is 5.75 Å². The smallest absolute Gasteiger partial charge is 0.223 e. The predicted molar refractivity (Wildman–Crippen MR) is 55.4 cm³/mol. The Morgan fingerprint density at radius 3 is 2.80 bits per heavy atom. The molecule has 0 spiro atoms. The summed E-state index contributed by atoms with van der Waals surface area (Å²) in [6.07, 6.45) is 0. The standard InChI is InChI=1S/C10H11N3O2/c1-6-12-10(13-15-6)8-4-3-7(11)5-9(8)14-2/h3-5H,11H2,1-2H3. The molecular formula is C10H11N3O2.